The number of nitrogens with two attached hydrogens (primary N) is 1. The van der Waals surface area contributed by atoms with Crippen molar-refractivity contribution in [3.05, 3.63) is 33.9 Å². The van der Waals surface area contributed by atoms with Gasteiger partial charge in [0.15, 0.2) is 0 Å². The normalized spacial score (nSPS) is 9.92. The van der Waals surface area contributed by atoms with Crippen molar-refractivity contribution in [2.24, 2.45) is 0 Å². The number of nitrogen functional groups attached to an aromatic ring is 1. The zero-order valence-corrected chi connectivity index (χ0v) is 7.62. The molecule has 5 heteroatoms. The molecule has 0 aliphatic rings. The molecule has 0 aliphatic heterocycles. The summed E-state index contributed by atoms with van der Waals surface area (Å²) in [6.45, 7) is 0. The van der Waals surface area contributed by atoms with Gasteiger partial charge in [0.25, 0.3) is 5.69 Å². The average molecular weight is 201 g/mol. The maximum Gasteiger partial charge on any atom is 0.292 e. The molecule has 13 heavy (non-hydrogen) atoms. The molecule has 1 aromatic rings. The molecule has 0 amide bonds. The summed E-state index contributed by atoms with van der Waals surface area (Å²) in [5.74, 6) is 0.483. The third-order valence-electron chi connectivity index (χ3n) is 1.67. The van der Waals surface area contributed by atoms with E-state index in [1.165, 1.54) is 6.07 Å². The zero-order valence-electron chi connectivity index (χ0n) is 6.87. The SMILES string of the molecule is Nc1cc(CCCl)ccc1[N+](=O)[O-]. The van der Waals surface area contributed by atoms with Crippen LogP contribution in [0, 0.1) is 10.1 Å². The van der Waals surface area contributed by atoms with E-state index in [1.54, 1.807) is 12.1 Å². The second kappa shape index (κ2) is 4.09. The van der Waals surface area contributed by atoms with Gasteiger partial charge in [-0.3, -0.25) is 10.1 Å². The van der Waals surface area contributed by atoms with E-state index in [1.807, 2.05) is 0 Å². The lowest BCUT2D eigenvalue weighted by atomic mass is 10.1. The Hall–Kier alpha value is -1.29. The smallest absolute Gasteiger partial charge is 0.292 e. The van der Waals surface area contributed by atoms with Crippen LogP contribution in [0.2, 0.25) is 0 Å². The minimum Gasteiger partial charge on any atom is -0.393 e. The first-order valence-electron chi connectivity index (χ1n) is 3.74. The van der Waals surface area contributed by atoms with E-state index in [4.69, 9.17) is 17.3 Å². The number of aryl methyl sites for hydroxylation is 1. The van der Waals surface area contributed by atoms with Gasteiger partial charge < -0.3 is 5.73 Å². The molecular formula is C8H9ClN2O2. The summed E-state index contributed by atoms with van der Waals surface area (Å²) in [5.41, 5.74) is 6.51. The van der Waals surface area contributed by atoms with E-state index in [0.717, 1.165) is 5.56 Å². The Balaban J connectivity index is 2.98. The molecule has 2 N–H and O–H groups in total. The monoisotopic (exact) mass is 200 g/mol. The van der Waals surface area contributed by atoms with Gasteiger partial charge in [-0.2, -0.15) is 0 Å². The van der Waals surface area contributed by atoms with Gasteiger partial charge in [0, 0.05) is 11.9 Å². The lowest BCUT2D eigenvalue weighted by Gasteiger charge is -2.00. The highest BCUT2D eigenvalue weighted by Gasteiger charge is 2.10. The molecule has 0 heterocycles. The van der Waals surface area contributed by atoms with Crippen LogP contribution < -0.4 is 5.73 Å². The lowest BCUT2D eigenvalue weighted by molar-refractivity contribution is -0.383. The van der Waals surface area contributed by atoms with E-state index in [-0.39, 0.29) is 11.4 Å². The number of hydrogen-bond donors (Lipinski definition) is 1. The van der Waals surface area contributed by atoms with E-state index in [9.17, 15) is 10.1 Å². The van der Waals surface area contributed by atoms with Crippen LogP contribution in [0.4, 0.5) is 11.4 Å². The first kappa shape index (κ1) is 9.80. The summed E-state index contributed by atoms with van der Waals surface area (Å²) < 4.78 is 0. The molecule has 1 aromatic carbocycles. The van der Waals surface area contributed by atoms with Crippen molar-refractivity contribution in [1.29, 1.82) is 0 Å². The van der Waals surface area contributed by atoms with E-state index in [2.05, 4.69) is 0 Å². The molecule has 4 nitrogen and oxygen atoms in total. The highest BCUT2D eigenvalue weighted by molar-refractivity contribution is 6.18. The summed E-state index contributed by atoms with van der Waals surface area (Å²) in [6, 6.07) is 4.65. The molecule has 0 saturated heterocycles. The lowest BCUT2D eigenvalue weighted by Crippen LogP contribution is -1.97. The van der Waals surface area contributed by atoms with Crippen molar-refractivity contribution in [3.63, 3.8) is 0 Å². The number of halogens is 1. The fourth-order valence-electron chi connectivity index (χ4n) is 1.03. The third-order valence-corrected chi connectivity index (χ3v) is 1.86. The summed E-state index contributed by atoms with van der Waals surface area (Å²) >= 11 is 5.52. The van der Waals surface area contributed by atoms with Crippen LogP contribution in [-0.4, -0.2) is 10.8 Å². The second-order valence-electron chi connectivity index (χ2n) is 2.59. The van der Waals surface area contributed by atoms with E-state index in [0.29, 0.717) is 12.3 Å². The Labute approximate surface area is 80.5 Å². The number of alkyl halides is 1. The fourth-order valence-corrected chi connectivity index (χ4v) is 1.25. The molecule has 0 aromatic heterocycles. The quantitative estimate of drug-likeness (QED) is 0.351. The Morgan fingerprint density at radius 2 is 2.23 bits per heavy atom. The van der Waals surface area contributed by atoms with E-state index < -0.39 is 4.92 Å². The van der Waals surface area contributed by atoms with Gasteiger partial charge in [-0.15, -0.1) is 11.6 Å². The molecule has 0 radical (unpaired) electrons. The van der Waals surface area contributed by atoms with Crippen LogP contribution in [0.1, 0.15) is 5.56 Å². The number of anilines is 1. The Bertz CT molecular complexity index is 328. The summed E-state index contributed by atoms with van der Waals surface area (Å²) in [6.07, 6.45) is 0.670. The van der Waals surface area contributed by atoms with E-state index >= 15 is 0 Å². The fraction of sp³-hybridized carbons (Fsp3) is 0.250. The summed E-state index contributed by atoms with van der Waals surface area (Å²) in [7, 11) is 0. The van der Waals surface area contributed by atoms with Crippen molar-refractivity contribution in [2.45, 2.75) is 6.42 Å². The molecule has 0 aliphatic carbocycles. The first-order chi connectivity index (χ1) is 6.15. The molecule has 0 saturated carbocycles. The van der Waals surface area contributed by atoms with Crippen LogP contribution in [-0.2, 0) is 6.42 Å². The van der Waals surface area contributed by atoms with Crippen LogP contribution in [0.3, 0.4) is 0 Å². The van der Waals surface area contributed by atoms with Gasteiger partial charge in [-0.05, 0) is 18.1 Å². The third kappa shape index (κ3) is 2.32. The summed E-state index contributed by atoms with van der Waals surface area (Å²) in [5, 5.41) is 10.4. The number of nitrogens with zero attached hydrogens (tertiary/aromatic N) is 1. The molecule has 0 spiro atoms. The molecule has 0 unspecified atom stereocenters. The maximum atomic E-state index is 10.4. The standard InChI is InChI=1S/C8H9ClN2O2/c9-4-3-6-1-2-8(11(12)13)7(10)5-6/h1-2,5H,3-4,10H2. The Morgan fingerprint density at radius 3 is 2.69 bits per heavy atom. The topological polar surface area (TPSA) is 69.2 Å². The number of rotatable bonds is 3. The predicted octanol–water partition coefficient (Wildman–Crippen LogP) is 1.96. The number of benzene rings is 1. The number of hydrogen-bond acceptors (Lipinski definition) is 3. The predicted molar refractivity (Wildman–Crippen MR) is 51.9 cm³/mol. The highest BCUT2D eigenvalue weighted by atomic mass is 35.5. The molecule has 70 valence electrons. The zero-order chi connectivity index (χ0) is 9.84. The van der Waals surface area contributed by atoms with Gasteiger partial charge in [0.2, 0.25) is 0 Å². The Morgan fingerprint density at radius 1 is 1.54 bits per heavy atom. The van der Waals surface area contributed by atoms with Gasteiger partial charge in [-0.25, -0.2) is 0 Å². The number of nitro groups is 1. The average Bonchev–Trinajstić information content (AvgIpc) is 2.04. The van der Waals surface area contributed by atoms with Crippen molar-refractivity contribution in [2.75, 3.05) is 11.6 Å². The van der Waals surface area contributed by atoms with Gasteiger partial charge in [0.1, 0.15) is 5.69 Å². The van der Waals surface area contributed by atoms with Crippen molar-refractivity contribution in [1.82, 2.24) is 0 Å². The second-order valence-corrected chi connectivity index (χ2v) is 2.97. The summed E-state index contributed by atoms with van der Waals surface area (Å²) in [4.78, 5) is 9.89. The molecule has 0 bridgehead atoms. The van der Waals surface area contributed by atoms with Crippen LogP contribution in [0.25, 0.3) is 0 Å². The maximum absolute atomic E-state index is 10.4. The van der Waals surface area contributed by atoms with Crippen molar-refractivity contribution in [3.8, 4) is 0 Å². The Kier molecular flexibility index (Phi) is 3.08. The van der Waals surface area contributed by atoms with Crippen molar-refractivity contribution < 1.29 is 4.92 Å². The number of nitro benzene ring substituents is 1. The largest absolute Gasteiger partial charge is 0.393 e. The molecule has 0 atom stereocenters. The molecule has 1 rings (SSSR count). The van der Waals surface area contributed by atoms with Gasteiger partial charge in [0.05, 0.1) is 4.92 Å². The van der Waals surface area contributed by atoms with Crippen LogP contribution >= 0.6 is 11.6 Å². The molecule has 0 fully saturated rings. The molecular weight excluding hydrogens is 192 g/mol. The first-order valence-corrected chi connectivity index (χ1v) is 4.27. The van der Waals surface area contributed by atoms with Crippen LogP contribution in [0.5, 0.6) is 0 Å². The van der Waals surface area contributed by atoms with Gasteiger partial charge in [-0.1, -0.05) is 6.07 Å². The van der Waals surface area contributed by atoms with Gasteiger partial charge >= 0.3 is 0 Å². The minimum atomic E-state index is -0.500. The van der Waals surface area contributed by atoms with Crippen molar-refractivity contribution >= 4 is 23.0 Å². The van der Waals surface area contributed by atoms with Crippen LogP contribution in [0.15, 0.2) is 18.2 Å². The highest BCUT2D eigenvalue weighted by Crippen LogP contribution is 2.22. The minimum absolute atomic E-state index is 0.0571.